The molecule has 1 aliphatic heterocycles. The van der Waals surface area contributed by atoms with Gasteiger partial charge in [0, 0.05) is 17.5 Å². The number of hydrogen-bond acceptors (Lipinski definition) is 6. The maximum Gasteiger partial charge on any atom is 0.297 e. The molecule has 2 aromatic heterocycles. The van der Waals surface area contributed by atoms with E-state index in [0.717, 1.165) is 10.9 Å². The highest BCUT2D eigenvalue weighted by atomic mass is 16.3. The van der Waals surface area contributed by atoms with E-state index in [4.69, 9.17) is 4.42 Å². The van der Waals surface area contributed by atoms with Crippen LogP contribution < -0.4 is 16.2 Å². The van der Waals surface area contributed by atoms with Gasteiger partial charge in [0.15, 0.2) is 0 Å². The first-order valence-electron chi connectivity index (χ1n) is 11.0. The summed E-state index contributed by atoms with van der Waals surface area (Å²) in [5, 5.41) is 5.93. The van der Waals surface area contributed by atoms with Gasteiger partial charge in [-0.05, 0) is 42.7 Å². The van der Waals surface area contributed by atoms with E-state index in [1.54, 1.807) is 30.3 Å². The number of anilines is 1. The third-order valence-electron chi connectivity index (χ3n) is 6.46. The van der Waals surface area contributed by atoms with Crippen LogP contribution >= 0.6 is 0 Å². The number of carbonyl (C=O) groups is 3. The Balaban J connectivity index is 1.33. The first-order valence-corrected chi connectivity index (χ1v) is 11.0. The smallest absolute Gasteiger partial charge is 0.297 e. The summed E-state index contributed by atoms with van der Waals surface area (Å²) in [6.07, 6.45) is 2.62. The summed E-state index contributed by atoms with van der Waals surface area (Å²) in [7, 11) is 0. The van der Waals surface area contributed by atoms with E-state index < -0.39 is 16.9 Å². The molecule has 9 nitrogen and oxygen atoms in total. The number of piperidine rings is 1. The number of benzene rings is 2. The molecule has 1 unspecified atom stereocenters. The lowest BCUT2D eigenvalue weighted by Crippen LogP contribution is -2.51. The predicted molar refractivity (Wildman–Crippen MR) is 125 cm³/mol. The fourth-order valence-electron chi connectivity index (χ4n) is 4.52. The molecule has 0 spiro atoms. The van der Waals surface area contributed by atoms with Crippen molar-refractivity contribution >= 4 is 45.5 Å². The molecule has 1 aliphatic rings. The third-order valence-corrected chi connectivity index (χ3v) is 6.46. The Morgan fingerprint density at radius 3 is 2.65 bits per heavy atom. The number of para-hydroxylation sites is 1. The number of hydrogen-bond donors (Lipinski definition) is 2. The molecule has 2 aromatic carbocycles. The predicted octanol–water partition coefficient (Wildman–Crippen LogP) is 2.87. The molecule has 0 aliphatic carbocycles. The molecule has 9 heteroatoms. The van der Waals surface area contributed by atoms with Crippen molar-refractivity contribution in [3.8, 4) is 0 Å². The van der Waals surface area contributed by atoms with E-state index in [9.17, 15) is 19.2 Å². The number of imide groups is 1. The second kappa shape index (κ2) is 8.26. The maximum absolute atomic E-state index is 12.8. The lowest BCUT2D eigenvalue weighted by molar-refractivity contribution is -0.138. The van der Waals surface area contributed by atoms with Gasteiger partial charge in [-0.25, -0.2) is 4.98 Å². The van der Waals surface area contributed by atoms with Crippen LogP contribution in [0.15, 0.2) is 64.1 Å². The average Bonchev–Trinajstić information content (AvgIpc) is 3.22. The molecule has 4 aromatic rings. The Morgan fingerprint density at radius 2 is 1.91 bits per heavy atom. The van der Waals surface area contributed by atoms with Gasteiger partial charge in [-0.15, -0.1) is 0 Å². The van der Waals surface area contributed by atoms with Crippen LogP contribution in [0.1, 0.15) is 31.7 Å². The fraction of sp³-hybridized carbons (Fsp3) is 0.240. The molecule has 2 N–H and O–H groups in total. The quantitative estimate of drug-likeness (QED) is 0.443. The van der Waals surface area contributed by atoms with Crippen LogP contribution in [-0.2, 0) is 26.3 Å². The van der Waals surface area contributed by atoms with Gasteiger partial charge in [0.1, 0.15) is 17.6 Å². The summed E-state index contributed by atoms with van der Waals surface area (Å²) in [4.78, 5) is 53.9. The van der Waals surface area contributed by atoms with E-state index in [-0.39, 0.29) is 30.4 Å². The highest BCUT2D eigenvalue weighted by Gasteiger charge is 2.42. The summed E-state index contributed by atoms with van der Waals surface area (Å²) in [6.45, 7) is 1.68. The summed E-state index contributed by atoms with van der Waals surface area (Å²) in [5.74, 6) is -0.960. The van der Waals surface area contributed by atoms with Gasteiger partial charge >= 0.3 is 0 Å². The first kappa shape index (κ1) is 21.6. The van der Waals surface area contributed by atoms with Crippen LogP contribution in [0.4, 0.5) is 5.69 Å². The zero-order chi connectivity index (χ0) is 23.9. The summed E-state index contributed by atoms with van der Waals surface area (Å²) < 4.78 is 6.85. The van der Waals surface area contributed by atoms with Crippen molar-refractivity contribution in [3.63, 3.8) is 0 Å². The normalized spacial score (nSPS) is 18.3. The molecule has 0 saturated carbocycles. The van der Waals surface area contributed by atoms with Crippen molar-refractivity contribution in [3.05, 3.63) is 70.8 Å². The Bertz CT molecular complexity index is 1500. The Morgan fingerprint density at radius 1 is 1.15 bits per heavy atom. The van der Waals surface area contributed by atoms with Crippen molar-refractivity contribution in [2.45, 2.75) is 38.1 Å². The molecule has 172 valence electrons. The van der Waals surface area contributed by atoms with Crippen molar-refractivity contribution < 1.29 is 18.8 Å². The Hall–Kier alpha value is -4.27. The summed E-state index contributed by atoms with van der Waals surface area (Å²) >= 11 is 0. The Labute approximate surface area is 193 Å². The minimum atomic E-state index is -0.766. The molecule has 1 saturated heterocycles. The topological polar surface area (TPSA) is 123 Å². The number of amides is 3. The van der Waals surface area contributed by atoms with Crippen LogP contribution in [0.5, 0.6) is 0 Å². The minimum Gasteiger partial charge on any atom is -0.448 e. The van der Waals surface area contributed by atoms with Crippen molar-refractivity contribution in [2.24, 2.45) is 0 Å². The SMILES string of the molecule is CCC1(c2ccc(NC(=O)Cn3cnc4c(oc5ccccc54)c3=O)cc2)CCC(=O)NC1=O. The lowest BCUT2D eigenvalue weighted by Gasteiger charge is -2.35. The molecule has 0 bridgehead atoms. The largest absolute Gasteiger partial charge is 0.448 e. The van der Waals surface area contributed by atoms with Crippen molar-refractivity contribution in [2.75, 3.05) is 5.32 Å². The number of fused-ring (bicyclic) bond motifs is 3. The third kappa shape index (κ3) is 3.55. The van der Waals surface area contributed by atoms with Gasteiger partial charge in [0.2, 0.25) is 23.3 Å². The Kier molecular flexibility index (Phi) is 5.24. The van der Waals surface area contributed by atoms with E-state index in [1.165, 1.54) is 10.9 Å². The summed E-state index contributed by atoms with van der Waals surface area (Å²) in [5.41, 5.74) is 1.24. The highest BCUT2D eigenvalue weighted by molar-refractivity contribution is 6.03. The van der Waals surface area contributed by atoms with E-state index in [2.05, 4.69) is 15.6 Å². The van der Waals surface area contributed by atoms with E-state index in [0.29, 0.717) is 29.6 Å². The highest BCUT2D eigenvalue weighted by Crippen LogP contribution is 2.36. The molecular weight excluding hydrogens is 436 g/mol. The first-order chi connectivity index (χ1) is 16.4. The van der Waals surface area contributed by atoms with E-state index in [1.807, 2.05) is 25.1 Å². The number of nitrogens with one attached hydrogen (secondary N) is 2. The molecule has 0 radical (unpaired) electrons. The second-order valence-electron chi connectivity index (χ2n) is 8.39. The van der Waals surface area contributed by atoms with Gasteiger partial charge in [-0.3, -0.25) is 29.1 Å². The van der Waals surface area contributed by atoms with Gasteiger partial charge in [0.25, 0.3) is 5.56 Å². The van der Waals surface area contributed by atoms with Gasteiger partial charge < -0.3 is 9.73 Å². The van der Waals surface area contributed by atoms with E-state index >= 15 is 0 Å². The van der Waals surface area contributed by atoms with Crippen molar-refractivity contribution in [1.82, 2.24) is 14.9 Å². The van der Waals surface area contributed by atoms with Crippen LogP contribution in [0, 0.1) is 0 Å². The summed E-state index contributed by atoms with van der Waals surface area (Å²) in [6, 6.07) is 14.2. The van der Waals surface area contributed by atoms with Crippen molar-refractivity contribution in [1.29, 1.82) is 0 Å². The van der Waals surface area contributed by atoms with Crippen LogP contribution in [0.2, 0.25) is 0 Å². The molecule has 3 heterocycles. The molecule has 3 amide bonds. The second-order valence-corrected chi connectivity index (χ2v) is 8.39. The lowest BCUT2D eigenvalue weighted by atomic mass is 9.72. The molecule has 34 heavy (non-hydrogen) atoms. The number of nitrogens with zero attached hydrogens (tertiary/aromatic N) is 2. The number of carbonyl (C=O) groups excluding carboxylic acids is 3. The maximum atomic E-state index is 12.8. The van der Waals surface area contributed by atoms with Crippen LogP contribution in [0.3, 0.4) is 0 Å². The van der Waals surface area contributed by atoms with Crippen LogP contribution in [0.25, 0.3) is 22.1 Å². The molecular formula is C25H22N4O5. The monoisotopic (exact) mass is 458 g/mol. The van der Waals surface area contributed by atoms with Gasteiger partial charge in [-0.1, -0.05) is 31.2 Å². The number of aromatic nitrogens is 2. The molecule has 1 fully saturated rings. The zero-order valence-corrected chi connectivity index (χ0v) is 18.5. The average molecular weight is 458 g/mol. The molecule has 1 atom stereocenters. The van der Waals surface area contributed by atoms with Gasteiger partial charge in [0.05, 0.1) is 11.7 Å². The minimum absolute atomic E-state index is 0.106. The number of furan rings is 1. The van der Waals surface area contributed by atoms with Gasteiger partial charge in [-0.2, -0.15) is 0 Å². The number of rotatable bonds is 5. The standard InChI is InChI=1S/C25H22N4O5/c1-2-25(12-11-19(30)28-24(25)33)15-7-9-16(10-8-15)27-20(31)13-29-14-26-21-17-5-3-4-6-18(17)34-22(21)23(29)32/h3-10,14H,2,11-13H2,1H3,(H,27,31)(H,28,30,33). The fourth-order valence-corrected chi connectivity index (χ4v) is 4.52. The molecule has 5 rings (SSSR count). The van der Waals surface area contributed by atoms with Crippen LogP contribution in [-0.4, -0.2) is 27.3 Å². The zero-order valence-electron chi connectivity index (χ0n) is 18.5.